The molecule has 0 saturated heterocycles. The number of ether oxygens (including phenoxy) is 2. The van der Waals surface area contributed by atoms with Crippen LogP contribution >= 0.6 is 11.6 Å². The molecule has 0 radical (unpaired) electrons. The van der Waals surface area contributed by atoms with Crippen molar-refractivity contribution in [3.8, 4) is 0 Å². The minimum Gasteiger partial charge on any atom is -0.392 e. The van der Waals surface area contributed by atoms with E-state index in [0.29, 0.717) is 42.7 Å². The van der Waals surface area contributed by atoms with Gasteiger partial charge in [0.15, 0.2) is 0 Å². The van der Waals surface area contributed by atoms with Crippen LogP contribution in [0.1, 0.15) is 5.56 Å². The lowest BCUT2D eigenvalue weighted by Gasteiger charge is -2.24. The van der Waals surface area contributed by atoms with Gasteiger partial charge in [0.25, 0.3) is 0 Å². The number of rotatable bonds is 8. The second-order valence-electron chi connectivity index (χ2n) is 3.78. The van der Waals surface area contributed by atoms with Crippen LogP contribution in [0, 0.1) is 0 Å². The Morgan fingerprint density at radius 3 is 2.33 bits per heavy atom. The molecule has 1 heterocycles. The van der Waals surface area contributed by atoms with Crippen molar-refractivity contribution in [3.63, 3.8) is 0 Å². The molecule has 0 fully saturated rings. The maximum Gasteiger partial charge on any atom is 0.147 e. The van der Waals surface area contributed by atoms with Gasteiger partial charge in [-0.25, -0.2) is 4.98 Å². The molecule has 0 unspecified atom stereocenters. The third-order valence-corrected chi connectivity index (χ3v) is 2.77. The van der Waals surface area contributed by atoms with Gasteiger partial charge in [-0.1, -0.05) is 11.6 Å². The van der Waals surface area contributed by atoms with Crippen LogP contribution in [0.15, 0.2) is 12.3 Å². The van der Waals surface area contributed by atoms with Gasteiger partial charge in [0.1, 0.15) is 5.82 Å². The molecule has 0 amide bonds. The van der Waals surface area contributed by atoms with Gasteiger partial charge in [-0.15, -0.1) is 0 Å². The zero-order valence-electron chi connectivity index (χ0n) is 10.7. The average molecular weight is 275 g/mol. The molecule has 1 aromatic heterocycles. The molecule has 5 nitrogen and oxygen atoms in total. The molecular weight excluding hydrogens is 256 g/mol. The Hall–Kier alpha value is -0.880. The molecule has 1 aromatic rings. The highest BCUT2D eigenvalue weighted by Gasteiger charge is 2.12. The maximum absolute atomic E-state index is 9.02. The highest BCUT2D eigenvalue weighted by Crippen LogP contribution is 2.23. The van der Waals surface area contributed by atoms with Gasteiger partial charge in [-0.05, 0) is 11.6 Å². The summed E-state index contributed by atoms with van der Waals surface area (Å²) in [5, 5.41) is 9.54. The van der Waals surface area contributed by atoms with Gasteiger partial charge in [-0.3, -0.25) is 0 Å². The Labute approximate surface area is 112 Å². The number of methoxy groups -OCH3 is 2. The Morgan fingerprint density at radius 1 is 1.28 bits per heavy atom. The van der Waals surface area contributed by atoms with Crippen molar-refractivity contribution in [2.75, 3.05) is 45.4 Å². The van der Waals surface area contributed by atoms with E-state index in [-0.39, 0.29) is 6.61 Å². The normalized spacial score (nSPS) is 10.7. The van der Waals surface area contributed by atoms with E-state index < -0.39 is 0 Å². The van der Waals surface area contributed by atoms with Crippen molar-refractivity contribution in [2.24, 2.45) is 0 Å². The van der Waals surface area contributed by atoms with Gasteiger partial charge in [0, 0.05) is 33.5 Å². The van der Waals surface area contributed by atoms with Crippen LogP contribution < -0.4 is 4.90 Å². The number of aliphatic hydroxyl groups is 1. The number of anilines is 1. The van der Waals surface area contributed by atoms with Crippen molar-refractivity contribution < 1.29 is 14.6 Å². The second-order valence-corrected chi connectivity index (χ2v) is 4.19. The fraction of sp³-hybridized carbons (Fsp3) is 0.583. The Kier molecular flexibility index (Phi) is 6.97. The van der Waals surface area contributed by atoms with Crippen molar-refractivity contribution >= 4 is 17.4 Å². The molecule has 102 valence electrons. The molecule has 0 aliphatic heterocycles. The summed E-state index contributed by atoms with van der Waals surface area (Å²) in [7, 11) is 3.30. The zero-order chi connectivity index (χ0) is 13.4. The predicted molar refractivity (Wildman–Crippen MR) is 71.1 cm³/mol. The highest BCUT2D eigenvalue weighted by atomic mass is 35.5. The number of pyridine rings is 1. The van der Waals surface area contributed by atoms with Gasteiger partial charge in [0.2, 0.25) is 0 Å². The molecule has 1 N–H and O–H groups in total. The zero-order valence-corrected chi connectivity index (χ0v) is 11.5. The lowest BCUT2D eigenvalue weighted by atomic mass is 10.3. The molecule has 18 heavy (non-hydrogen) atoms. The highest BCUT2D eigenvalue weighted by molar-refractivity contribution is 6.33. The molecule has 0 aliphatic carbocycles. The third kappa shape index (κ3) is 4.42. The van der Waals surface area contributed by atoms with Crippen LogP contribution in [-0.2, 0) is 16.1 Å². The van der Waals surface area contributed by atoms with E-state index in [1.807, 2.05) is 4.90 Å². The first-order chi connectivity index (χ1) is 8.72. The summed E-state index contributed by atoms with van der Waals surface area (Å²) in [6, 6.07) is 1.72. The summed E-state index contributed by atoms with van der Waals surface area (Å²) >= 11 is 6.16. The van der Waals surface area contributed by atoms with Crippen LogP contribution in [0.2, 0.25) is 5.02 Å². The van der Waals surface area contributed by atoms with E-state index >= 15 is 0 Å². The SMILES string of the molecule is COCCN(CCOC)c1ncc(CO)cc1Cl. The molecule has 1 rings (SSSR count). The molecular formula is C12H19ClN2O3. The molecule has 0 spiro atoms. The minimum absolute atomic E-state index is 0.0663. The van der Waals surface area contributed by atoms with Crippen molar-refractivity contribution in [2.45, 2.75) is 6.61 Å². The topological polar surface area (TPSA) is 54.8 Å². The second kappa shape index (κ2) is 8.26. The Balaban J connectivity index is 2.82. The van der Waals surface area contributed by atoms with E-state index in [4.69, 9.17) is 26.2 Å². The number of halogens is 1. The summed E-state index contributed by atoms with van der Waals surface area (Å²) in [5.74, 6) is 0.683. The minimum atomic E-state index is -0.0663. The number of hydrogen-bond donors (Lipinski definition) is 1. The standard InChI is InChI=1S/C12H19ClN2O3/c1-17-5-3-15(4-6-18-2)12-11(13)7-10(9-16)8-14-12/h7-8,16H,3-6,9H2,1-2H3. The van der Waals surface area contributed by atoms with Crippen molar-refractivity contribution in [1.29, 1.82) is 0 Å². The predicted octanol–water partition coefficient (Wildman–Crippen LogP) is 1.33. The van der Waals surface area contributed by atoms with E-state index in [1.165, 1.54) is 0 Å². The fourth-order valence-electron chi connectivity index (χ4n) is 1.52. The molecule has 0 bridgehead atoms. The molecule has 0 saturated carbocycles. The first-order valence-electron chi connectivity index (χ1n) is 5.71. The van der Waals surface area contributed by atoms with Crippen LogP contribution in [0.3, 0.4) is 0 Å². The van der Waals surface area contributed by atoms with Crippen LogP contribution in [0.4, 0.5) is 5.82 Å². The van der Waals surface area contributed by atoms with Gasteiger partial charge in [-0.2, -0.15) is 0 Å². The Bertz CT molecular complexity index is 355. The molecule has 0 aromatic carbocycles. The summed E-state index contributed by atoms with van der Waals surface area (Å²) < 4.78 is 10.1. The smallest absolute Gasteiger partial charge is 0.147 e. The number of aromatic nitrogens is 1. The number of aliphatic hydroxyl groups excluding tert-OH is 1. The summed E-state index contributed by atoms with van der Waals surface area (Å²) in [5.41, 5.74) is 0.696. The summed E-state index contributed by atoms with van der Waals surface area (Å²) in [4.78, 5) is 6.27. The maximum atomic E-state index is 9.02. The van der Waals surface area contributed by atoms with E-state index in [2.05, 4.69) is 4.98 Å². The lowest BCUT2D eigenvalue weighted by molar-refractivity contribution is 0.190. The van der Waals surface area contributed by atoms with Crippen LogP contribution in [0.25, 0.3) is 0 Å². The number of hydrogen-bond acceptors (Lipinski definition) is 5. The summed E-state index contributed by atoms with van der Waals surface area (Å²) in [6.45, 7) is 2.48. The van der Waals surface area contributed by atoms with Gasteiger partial charge in [0.05, 0.1) is 24.8 Å². The average Bonchev–Trinajstić information content (AvgIpc) is 2.39. The quantitative estimate of drug-likeness (QED) is 0.775. The first kappa shape index (κ1) is 15.2. The molecule has 0 atom stereocenters. The number of nitrogens with zero attached hydrogens (tertiary/aromatic N) is 2. The van der Waals surface area contributed by atoms with Crippen LogP contribution in [-0.4, -0.2) is 50.6 Å². The van der Waals surface area contributed by atoms with E-state index in [1.54, 1.807) is 26.5 Å². The van der Waals surface area contributed by atoms with Crippen molar-refractivity contribution in [1.82, 2.24) is 4.98 Å². The molecule has 6 heteroatoms. The first-order valence-corrected chi connectivity index (χ1v) is 6.08. The largest absolute Gasteiger partial charge is 0.392 e. The van der Waals surface area contributed by atoms with Gasteiger partial charge < -0.3 is 19.5 Å². The van der Waals surface area contributed by atoms with Crippen LogP contribution in [0.5, 0.6) is 0 Å². The fourth-order valence-corrected chi connectivity index (χ4v) is 1.82. The Morgan fingerprint density at radius 2 is 1.89 bits per heavy atom. The molecule has 0 aliphatic rings. The van der Waals surface area contributed by atoms with E-state index in [9.17, 15) is 0 Å². The lowest BCUT2D eigenvalue weighted by Crippen LogP contribution is -2.31. The van der Waals surface area contributed by atoms with E-state index in [0.717, 1.165) is 0 Å². The summed E-state index contributed by atoms with van der Waals surface area (Å²) in [6.07, 6.45) is 1.62. The van der Waals surface area contributed by atoms with Crippen molar-refractivity contribution in [3.05, 3.63) is 22.8 Å². The monoisotopic (exact) mass is 274 g/mol. The third-order valence-electron chi connectivity index (χ3n) is 2.49. The van der Waals surface area contributed by atoms with Gasteiger partial charge >= 0.3 is 0 Å².